The molecule has 106 valence electrons. The number of aromatic nitrogens is 2. The third kappa shape index (κ3) is 3.72. The van der Waals surface area contributed by atoms with Gasteiger partial charge in [0.1, 0.15) is 23.7 Å². The summed E-state index contributed by atoms with van der Waals surface area (Å²) in [6.07, 6.45) is 1.44. The Morgan fingerprint density at radius 3 is 2.75 bits per heavy atom. The molecule has 6 nitrogen and oxygen atoms in total. The second kappa shape index (κ2) is 6.93. The van der Waals surface area contributed by atoms with E-state index < -0.39 is 0 Å². The van der Waals surface area contributed by atoms with E-state index in [1.54, 1.807) is 25.3 Å². The van der Waals surface area contributed by atoms with Crippen LogP contribution in [0, 0.1) is 0 Å². The Morgan fingerprint density at radius 2 is 2.05 bits per heavy atom. The summed E-state index contributed by atoms with van der Waals surface area (Å²) in [7, 11) is 1.57. The van der Waals surface area contributed by atoms with Crippen molar-refractivity contribution in [1.29, 1.82) is 0 Å². The normalized spacial score (nSPS) is 10.2. The van der Waals surface area contributed by atoms with E-state index in [1.165, 1.54) is 6.33 Å². The summed E-state index contributed by atoms with van der Waals surface area (Å²) in [5.74, 6) is 1.88. The number of hydrogen-bond acceptors (Lipinski definition) is 6. The van der Waals surface area contributed by atoms with Crippen LogP contribution in [0.2, 0.25) is 5.02 Å². The van der Waals surface area contributed by atoms with Gasteiger partial charge in [-0.2, -0.15) is 0 Å². The lowest BCUT2D eigenvalue weighted by Crippen LogP contribution is -2.07. The molecule has 0 aliphatic rings. The first-order valence-electron chi connectivity index (χ1n) is 6.00. The van der Waals surface area contributed by atoms with Crippen molar-refractivity contribution in [2.75, 3.05) is 30.9 Å². The van der Waals surface area contributed by atoms with E-state index in [0.717, 1.165) is 5.69 Å². The molecule has 0 amide bonds. The molecule has 20 heavy (non-hydrogen) atoms. The molecule has 0 saturated heterocycles. The summed E-state index contributed by atoms with van der Waals surface area (Å²) in [5, 5.41) is 15.4. The van der Waals surface area contributed by atoms with Crippen molar-refractivity contribution in [2.45, 2.75) is 0 Å². The van der Waals surface area contributed by atoms with E-state index in [0.29, 0.717) is 29.0 Å². The molecular weight excluding hydrogens is 280 g/mol. The van der Waals surface area contributed by atoms with Crippen LogP contribution in [0.25, 0.3) is 0 Å². The van der Waals surface area contributed by atoms with Gasteiger partial charge in [0.2, 0.25) is 0 Å². The molecule has 1 aromatic carbocycles. The molecule has 0 bridgehead atoms. The largest absolute Gasteiger partial charge is 0.495 e. The number of rotatable bonds is 6. The Hall–Kier alpha value is -2.05. The third-order valence-electron chi connectivity index (χ3n) is 2.51. The fourth-order valence-corrected chi connectivity index (χ4v) is 1.86. The quantitative estimate of drug-likeness (QED) is 0.758. The number of aliphatic hydroxyl groups excluding tert-OH is 1. The van der Waals surface area contributed by atoms with Gasteiger partial charge in [0, 0.05) is 18.3 Å². The van der Waals surface area contributed by atoms with E-state index in [1.807, 2.05) is 6.07 Å². The molecule has 0 unspecified atom stereocenters. The lowest BCUT2D eigenvalue weighted by Gasteiger charge is -2.09. The predicted octanol–water partition coefficient (Wildman–Crippen LogP) is 2.29. The zero-order valence-electron chi connectivity index (χ0n) is 10.9. The highest BCUT2D eigenvalue weighted by atomic mass is 35.5. The van der Waals surface area contributed by atoms with E-state index >= 15 is 0 Å². The zero-order valence-corrected chi connectivity index (χ0v) is 11.7. The van der Waals surface area contributed by atoms with Crippen LogP contribution >= 0.6 is 11.6 Å². The molecule has 0 fully saturated rings. The number of anilines is 3. The fraction of sp³-hybridized carbons (Fsp3) is 0.231. The minimum absolute atomic E-state index is 0.0425. The van der Waals surface area contributed by atoms with Crippen molar-refractivity contribution in [3.05, 3.63) is 35.6 Å². The number of aliphatic hydroxyl groups is 1. The molecular formula is C13H15ClN4O2. The second-order valence-electron chi connectivity index (χ2n) is 3.91. The van der Waals surface area contributed by atoms with E-state index in [-0.39, 0.29) is 6.61 Å². The van der Waals surface area contributed by atoms with Crippen molar-refractivity contribution >= 4 is 28.9 Å². The lowest BCUT2D eigenvalue weighted by molar-refractivity contribution is 0.311. The van der Waals surface area contributed by atoms with Gasteiger partial charge in [-0.25, -0.2) is 9.97 Å². The Bertz CT molecular complexity index is 580. The Kier molecular flexibility index (Phi) is 4.97. The maximum atomic E-state index is 8.76. The molecule has 3 N–H and O–H groups in total. The van der Waals surface area contributed by atoms with Crippen molar-refractivity contribution in [1.82, 2.24) is 9.97 Å². The summed E-state index contributed by atoms with van der Waals surface area (Å²) < 4.78 is 5.09. The lowest BCUT2D eigenvalue weighted by atomic mass is 10.3. The van der Waals surface area contributed by atoms with Gasteiger partial charge < -0.3 is 20.5 Å². The first-order valence-corrected chi connectivity index (χ1v) is 6.38. The third-order valence-corrected chi connectivity index (χ3v) is 2.80. The molecule has 0 aliphatic heterocycles. The molecule has 1 heterocycles. The highest BCUT2D eigenvalue weighted by Gasteiger charge is 2.03. The van der Waals surface area contributed by atoms with Crippen LogP contribution in [0.4, 0.5) is 17.3 Å². The number of nitrogens with zero attached hydrogens (tertiary/aromatic N) is 2. The van der Waals surface area contributed by atoms with E-state index in [2.05, 4.69) is 20.6 Å². The van der Waals surface area contributed by atoms with Crippen LogP contribution in [0.5, 0.6) is 5.75 Å². The van der Waals surface area contributed by atoms with Gasteiger partial charge in [0.15, 0.2) is 0 Å². The van der Waals surface area contributed by atoms with Crippen molar-refractivity contribution < 1.29 is 9.84 Å². The van der Waals surface area contributed by atoms with Gasteiger partial charge in [0.05, 0.1) is 18.7 Å². The minimum atomic E-state index is 0.0425. The summed E-state index contributed by atoms with van der Waals surface area (Å²) >= 11 is 6.06. The first kappa shape index (κ1) is 14.4. The number of nitrogens with one attached hydrogen (secondary N) is 2. The average molecular weight is 295 g/mol. The predicted molar refractivity (Wildman–Crippen MR) is 78.9 cm³/mol. The monoisotopic (exact) mass is 294 g/mol. The number of ether oxygens (including phenoxy) is 1. The van der Waals surface area contributed by atoms with Gasteiger partial charge in [-0.05, 0) is 18.2 Å². The summed E-state index contributed by atoms with van der Waals surface area (Å²) in [5.41, 5.74) is 0.794. The first-order chi connectivity index (χ1) is 9.72. The van der Waals surface area contributed by atoms with Gasteiger partial charge >= 0.3 is 0 Å². The molecule has 1 aromatic heterocycles. The van der Waals surface area contributed by atoms with Gasteiger partial charge in [-0.3, -0.25) is 0 Å². The smallest absolute Gasteiger partial charge is 0.137 e. The number of hydrogen-bond donors (Lipinski definition) is 3. The molecule has 0 spiro atoms. The van der Waals surface area contributed by atoms with E-state index in [9.17, 15) is 0 Å². The minimum Gasteiger partial charge on any atom is -0.495 e. The van der Waals surface area contributed by atoms with Crippen LogP contribution in [-0.2, 0) is 0 Å². The fourth-order valence-electron chi connectivity index (χ4n) is 1.60. The summed E-state index contributed by atoms with van der Waals surface area (Å²) in [6, 6.07) is 7.11. The summed E-state index contributed by atoms with van der Waals surface area (Å²) in [4.78, 5) is 8.16. The molecule has 2 aromatic rings. The van der Waals surface area contributed by atoms with Crippen molar-refractivity contribution in [3.63, 3.8) is 0 Å². The number of methoxy groups -OCH3 is 1. The van der Waals surface area contributed by atoms with Crippen LogP contribution in [0.3, 0.4) is 0 Å². The second-order valence-corrected chi connectivity index (χ2v) is 4.32. The van der Waals surface area contributed by atoms with Crippen molar-refractivity contribution in [3.8, 4) is 5.75 Å². The van der Waals surface area contributed by atoms with Crippen LogP contribution in [0.15, 0.2) is 30.6 Å². The number of benzene rings is 1. The Labute approximate surface area is 121 Å². The van der Waals surface area contributed by atoms with Crippen molar-refractivity contribution in [2.24, 2.45) is 0 Å². The SMILES string of the molecule is COc1ccc(Nc2cc(NCCO)ncn2)cc1Cl. The van der Waals surface area contributed by atoms with Gasteiger partial charge in [-0.1, -0.05) is 11.6 Å². The zero-order chi connectivity index (χ0) is 14.4. The topological polar surface area (TPSA) is 79.3 Å². The maximum absolute atomic E-state index is 8.76. The molecule has 0 radical (unpaired) electrons. The molecule has 0 atom stereocenters. The molecule has 7 heteroatoms. The van der Waals surface area contributed by atoms with Crippen LogP contribution < -0.4 is 15.4 Å². The number of halogens is 1. The standard InChI is InChI=1S/C13H15ClN4O2/c1-20-11-3-2-9(6-10(11)14)18-13-7-12(15-4-5-19)16-8-17-13/h2-3,6-8,19H,4-5H2,1H3,(H2,15,16,17,18). The van der Waals surface area contributed by atoms with Crippen LogP contribution in [-0.4, -0.2) is 35.3 Å². The molecule has 0 saturated carbocycles. The Balaban J connectivity index is 2.11. The van der Waals surface area contributed by atoms with Gasteiger partial charge in [0.25, 0.3) is 0 Å². The van der Waals surface area contributed by atoms with Crippen LogP contribution in [0.1, 0.15) is 0 Å². The highest BCUT2D eigenvalue weighted by molar-refractivity contribution is 6.32. The van der Waals surface area contributed by atoms with Gasteiger partial charge in [-0.15, -0.1) is 0 Å². The maximum Gasteiger partial charge on any atom is 0.137 e. The molecule has 2 rings (SSSR count). The highest BCUT2D eigenvalue weighted by Crippen LogP contribution is 2.28. The Morgan fingerprint density at radius 1 is 1.25 bits per heavy atom. The molecule has 0 aliphatic carbocycles. The van der Waals surface area contributed by atoms with E-state index in [4.69, 9.17) is 21.4 Å². The summed E-state index contributed by atoms with van der Waals surface area (Å²) in [6.45, 7) is 0.478. The average Bonchev–Trinajstić information content (AvgIpc) is 2.46.